The van der Waals surface area contributed by atoms with E-state index in [1.54, 1.807) is 0 Å². The van der Waals surface area contributed by atoms with Gasteiger partial charge < -0.3 is 14.4 Å². The Balaban J connectivity index is 1.46. The number of nitrogens with zero attached hydrogens (tertiary/aromatic N) is 2. The fraction of sp³-hybridized carbons (Fsp3) is 0.480. The van der Waals surface area contributed by atoms with Crippen molar-refractivity contribution >= 4 is 5.91 Å². The van der Waals surface area contributed by atoms with Crippen LogP contribution in [0.3, 0.4) is 0 Å². The van der Waals surface area contributed by atoms with Crippen molar-refractivity contribution < 1.29 is 14.3 Å². The Morgan fingerprint density at radius 3 is 2.43 bits per heavy atom. The van der Waals surface area contributed by atoms with Gasteiger partial charge in [0.1, 0.15) is 12.4 Å². The van der Waals surface area contributed by atoms with Gasteiger partial charge in [-0.15, -0.1) is 0 Å². The van der Waals surface area contributed by atoms with Crippen LogP contribution >= 0.6 is 0 Å². The summed E-state index contributed by atoms with van der Waals surface area (Å²) in [5.41, 5.74) is 4.36. The van der Waals surface area contributed by atoms with E-state index in [1.165, 1.54) is 11.1 Å². The summed E-state index contributed by atoms with van der Waals surface area (Å²) in [6, 6.07) is 14.5. The van der Waals surface area contributed by atoms with Crippen molar-refractivity contribution in [1.82, 2.24) is 9.80 Å². The Morgan fingerprint density at radius 1 is 0.967 bits per heavy atom. The van der Waals surface area contributed by atoms with E-state index in [4.69, 9.17) is 9.47 Å². The standard InChI is InChI=1S/C25H32N2O3/c1-19(2)15-20-3-6-22(7-4-20)25(28)27-11-14-30-24-8-5-21(16-23(24)18-27)17-26-9-12-29-13-10-26/h3-8,16,19H,9-15,17-18H2,1-2H3. The first kappa shape index (κ1) is 20.9. The number of fused-ring (bicyclic) bond motifs is 1. The number of morpholine rings is 1. The Hall–Kier alpha value is -2.37. The van der Waals surface area contributed by atoms with E-state index in [9.17, 15) is 4.79 Å². The second-order valence-electron chi connectivity index (χ2n) is 8.70. The molecule has 0 spiro atoms. The summed E-state index contributed by atoms with van der Waals surface area (Å²) < 4.78 is 11.4. The lowest BCUT2D eigenvalue weighted by Gasteiger charge is -2.27. The first-order chi connectivity index (χ1) is 14.6. The third-order valence-electron chi connectivity index (χ3n) is 5.75. The average Bonchev–Trinajstić information content (AvgIpc) is 2.96. The van der Waals surface area contributed by atoms with Crippen LogP contribution < -0.4 is 4.74 Å². The Bertz CT molecular complexity index is 857. The molecule has 0 N–H and O–H groups in total. The molecule has 160 valence electrons. The zero-order valence-electron chi connectivity index (χ0n) is 18.1. The van der Waals surface area contributed by atoms with E-state index in [1.807, 2.05) is 17.0 Å². The molecule has 0 aromatic heterocycles. The molecule has 0 aliphatic carbocycles. The monoisotopic (exact) mass is 408 g/mol. The molecule has 2 aliphatic heterocycles. The van der Waals surface area contributed by atoms with Crippen LogP contribution in [0.5, 0.6) is 5.75 Å². The molecule has 2 aliphatic rings. The third kappa shape index (κ3) is 5.21. The van der Waals surface area contributed by atoms with Crippen LogP contribution in [0.15, 0.2) is 42.5 Å². The van der Waals surface area contributed by atoms with Crippen molar-refractivity contribution in [1.29, 1.82) is 0 Å². The molecule has 5 heteroatoms. The summed E-state index contributed by atoms with van der Waals surface area (Å²) in [4.78, 5) is 17.5. The van der Waals surface area contributed by atoms with Gasteiger partial charge in [0.2, 0.25) is 0 Å². The van der Waals surface area contributed by atoms with Crippen molar-refractivity contribution in [2.24, 2.45) is 5.92 Å². The SMILES string of the molecule is CC(C)Cc1ccc(C(=O)N2CCOc3ccc(CN4CCOCC4)cc3C2)cc1. The summed E-state index contributed by atoms with van der Waals surface area (Å²) in [7, 11) is 0. The molecule has 2 aromatic carbocycles. The molecule has 0 radical (unpaired) electrons. The minimum absolute atomic E-state index is 0.0705. The maximum Gasteiger partial charge on any atom is 0.254 e. The van der Waals surface area contributed by atoms with E-state index >= 15 is 0 Å². The topological polar surface area (TPSA) is 42.0 Å². The lowest BCUT2D eigenvalue weighted by molar-refractivity contribution is 0.0341. The van der Waals surface area contributed by atoms with Crippen molar-refractivity contribution in [2.45, 2.75) is 33.4 Å². The maximum absolute atomic E-state index is 13.1. The van der Waals surface area contributed by atoms with E-state index in [0.717, 1.165) is 56.1 Å². The first-order valence-electron chi connectivity index (χ1n) is 11.0. The van der Waals surface area contributed by atoms with Gasteiger partial charge >= 0.3 is 0 Å². The molecule has 1 fully saturated rings. The van der Waals surface area contributed by atoms with Gasteiger partial charge in [0.15, 0.2) is 0 Å². The van der Waals surface area contributed by atoms with Gasteiger partial charge in [-0.3, -0.25) is 9.69 Å². The molecule has 1 amide bonds. The van der Waals surface area contributed by atoms with Gasteiger partial charge in [-0.05, 0) is 47.7 Å². The Morgan fingerprint density at radius 2 is 1.70 bits per heavy atom. The second kappa shape index (κ2) is 9.63. The average molecular weight is 409 g/mol. The third-order valence-corrected chi connectivity index (χ3v) is 5.75. The molecule has 30 heavy (non-hydrogen) atoms. The fourth-order valence-electron chi connectivity index (χ4n) is 4.17. The largest absolute Gasteiger partial charge is 0.491 e. The minimum atomic E-state index is 0.0705. The van der Waals surface area contributed by atoms with Crippen LogP contribution in [0.4, 0.5) is 0 Å². The number of carbonyl (C=O) groups is 1. The summed E-state index contributed by atoms with van der Waals surface area (Å²) >= 11 is 0. The minimum Gasteiger partial charge on any atom is -0.491 e. The van der Waals surface area contributed by atoms with Crippen LogP contribution in [-0.4, -0.2) is 55.2 Å². The van der Waals surface area contributed by atoms with Gasteiger partial charge in [-0.2, -0.15) is 0 Å². The zero-order chi connectivity index (χ0) is 20.9. The number of hydrogen-bond donors (Lipinski definition) is 0. The molecule has 0 saturated carbocycles. The highest BCUT2D eigenvalue weighted by atomic mass is 16.5. The van der Waals surface area contributed by atoms with Crippen molar-refractivity contribution in [3.63, 3.8) is 0 Å². The molecule has 0 atom stereocenters. The molecule has 1 saturated heterocycles. The Kier molecular flexibility index (Phi) is 6.70. The molecule has 4 rings (SSSR count). The molecule has 2 aromatic rings. The normalized spacial score (nSPS) is 17.4. The predicted octanol–water partition coefficient (Wildman–Crippen LogP) is 3.75. The van der Waals surface area contributed by atoms with Crippen molar-refractivity contribution in [3.8, 4) is 5.75 Å². The van der Waals surface area contributed by atoms with E-state index < -0.39 is 0 Å². The Labute approximate surface area is 179 Å². The molecular weight excluding hydrogens is 376 g/mol. The van der Waals surface area contributed by atoms with E-state index in [0.29, 0.717) is 25.6 Å². The number of carbonyl (C=O) groups excluding carboxylic acids is 1. The highest BCUT2D eigenvalue weighted by molar-refractivity contribution is 5.94. The van der Waals surface area contributed by atoms with Crippen LogP contribution in [0.25, 0.3) is 0 Å². The van der Waals surface area contributed by atoms with Crippen LogP contribution in [0, 0.1) is 5.92 Å². The smallest absolute Gasteiger partial charge is 0.254 e. The van der Waals surface area contributed by atoms with Gasteiger partial charge in [0.25, 0.3) is 5.91 Å². The maximum atomic E-state index is 13.1. The molecule has 2 heterocycles. The van der Waals surface area contributed by atoms with Crippen molar-refractivity contribution in [2.75, 3.05) is 39.5 Å². The van der Waals surface area contributed by atoms with Crippen molar-refractivity contribution in [3.05, 3.63) is 64.7 Å². The lowest BCUT2D eigenvalue weighted by atomic mass is 10.0. The lowest BCUT2D eigenvalue weighted by Crippen LogP contribution is -2.35. The summed E-state index contributed by atoms with van der Waals surface area (Å²) in [6.45, 7) is 10.5. The second-order valence-corrected chi connectivity index (χ2v) is 8.70. The number of hydrogen-bond acceptors (Lipinski definition) is 4. The first-order valence-corrected chi connectivity index (χ1v) is 11.0. The summed E-state index contributed by atoms with van der Waals surface area (Å²) in [5, 5.41) is 0. The summed E-state index contributed by atoms with van der Waals surface area (Å²) in [6.07, 6.45) is 1.03. The van der Waals surface area contributed by atoms with Gasteiger partial charge in [-0.1, -0.05) is 32.0 Å². The zero-order valence-corrected chi connectivity index (χ0v) is 18.1. The van der Waals surface area contributed by atoms with Crippen LogP contribution in [0.1, 0.15) is 40.9 Å². The van der Waals surface area contributed by atoms with Gasteiger partial charge in [-0.25, -0.2) is 0 Å². The highest BCUT2D eigenvalue weighted by Crippen LogP contribution is 2.26. The molecular formula is C25H32N2O3. The van der Waals surface area contributed by atoms with E-state index in [-0.39, 0.29) is 5.91 Å². The van der Waals surface area contributed by atoms with Crippen LogP contribution in [-0.2, 0) is 24.2 Å². The number of rotatable bonds is 5. The quantitative estimate of drug-likeness (QED) is 0.756. The summed E-state index contributed by atoms with van der Waals surface area (Å²) in [5.74, 6) is 1.57. The highest BCUT2D eigenvalue weighted by Gasteiger charge is 2.22. The van der Waals surface area contributed by atoms with Gasteiger partial charge in [0.05, 0.1) is 19.8 Å². The molecule has 5 nitrogen and oxygen atoms in total. The molecule has 0 bridgehead atoms. The fourth-order valence-corrected chi connectivity index (χ4v) is 4.17. The predicted molar refractivity (Wildman–Crippen MR) is 118 cm³/mol. The number of ether oxygens (including phenoxy) is 2. The van der Waals surface area contributed by atoms with Crippen LogP contribution in [0.2, 0.25) is 0 Å². The van der Waals surface area contributed by atoms with E-state index in [2.05, 4.69) is 49.1 Å². The number of benzene rings is 2. The number of amides is 1. The molecule has 0 unspecified atom stereocenters. The van der Waals surface area contributed by atoms with Gasteiger partial charge in [0, 0.05) is 37.3 Å².